The minimum absolute atomic E-state index is 0.165. The lowest BCUT2D eigenvalue weighted by atomic mass is 10.2. The van der Waals surface area contributed by atoms with Gasteiger partial charge >= 0.3 is 0 Å². The third-order valence-corrected chi connectivity index (χ3v) is 4.16. The van der Waals surface area contributed by atoms with E-state index in [0.717, 1.165) is 23.9 Å². The van der Waals surface area contributed by atoms with Crippen LogP contribution in [0, 0.1) is 6.92 Å². The van der Waals surface area contributed by atoms with Crippen molar-refractivity contribution in [2.75, 3.05) is 13.2 Å². The first-order valence-corrected chi connectivity index (χ1v) is 8.12. The molecule has 0 saturated carbocycles. The summed E-state index contributed by atoms with van der Waals surface area (Å²) in [6, 6.07) is 7.98. The van der Waals surface area contributed by atoms with E-state index in [0.29, 0.717) is 31.3 Å². The minimum Gasteiger partial charge on any atom is -0.476 e. The van der Waals surface area contributed by atoms with Gasteiger partial charge in [-0.15, -0.1) is 0 Å². The van der Waals surface area contributed by atoms with Gasteiger partial charge in [0.05, 0.1) is 18.3 Å². The summed E-state index contributed by atoms with van der Waals surface area (Å²) in [5.41, 5.74) is 2.75. The first-order valence-electron chi connectivity index (χ1n) is 8.12. The fraction of sp³-hybridized carbons (Fsp3) is 0.353. The molecule has 0 fully saturated rings. The predicted molar refractivity (Wildman–Crippen MR) is 89.1 cm³/mol. The highest BCUT2D eigenvalue weighted by atomic mass is 16.5. The second-order valence-corrected chi connectivity index (χ2v) is 5.98. The zero-order valence-corrected chi connectivity index (χ0v) is 13.5. The Morgan fingerprint density at radius 3 is 3.17 bits per heavy atom. The van der Waals surface area contributed by atoms with Gasteiger partial charge in [-0.2, -0.15) is 10.2 Å². The SMILES string of the molecule is Cc1ccc2cnn(CCCNC(=O)c3cc4n(n3)CCO4)c2c1. The number of hydrogen-bond donors (Lipinski definition) is 1. The van der Waals surface area contributed by atoms with Crippen LogP contribution in [0.1, 0.15) is 22.5 Å². The molecule has 1 aliphatic rings. The first kappa shape index (κ1) is 14.7. The maximum absolute atomic E-state index is 12.1. The van der Waals surface area contributed by atoms with E-state index in [1.807, 2.05) is 10.9 Å². The Morgan fingerprint density at radius 1 is 1.38 bits per heavy atom. The van der Waals surface area contributed by atoms with Gasteiger partial charge in [0.25, 0.3) is 5.91 Å². The average Bonchev–Trinajstić information content (AvgIpc) is 3.25. The Balaban J connectivity index is 1.32. The van der Waals surface area contributed by atoms with Crippen molar-refractivity contribution in [3.63, 3.8) is 0 Å². The van der Waals surface area contributed by atoms with Crippen LogP contribution in [-0.4, -0.2) is 38.6 Å². The number of hydrogen-bond acceptors (Lipinski definition) is 4. The molecule has 1 amide bonds. The average molecular weight is 325 g/mol. The lowest BCUT2D eigenvalue weighted by Gasteiger charge is -2.05. The number of carbonyl (C=O) groups excluding carboxylic acids is 1. The molecule has 0 bridgehead atoms. The van der Waals surface area contributed by atoms with Crippen LogP contribution in [0.5, 0.6) is 5.88 Å². The Morgan fingerprint density at radius 2 is 2.29 bits per heavy atom. The number of carbonyl (C=O) groups is 1. The smallest absolute Gasteiger partial charge is 0.271 e. The highest BCUT2D eigenvalue weighted by Crippen LogP contribution is 2.18. The fourth-order valence-electron chi connectivity index (χ4n) is 2.90. The van der Waals surface area contributed by atoms with E-state index in [1.54, 1.807) is 10.7 Å². The summed E-state index contributed by atoms with van der Waals surface area (Å²) in [4.78, 5) is 12.1. The molecular weight excluding hydrogens is 306 g/mol. The quantitative estimate of drug-likeness (QED) is 0.725. The number of rotatable bonds is 5. The lowest BCUT2D eigenvalue weighted by Crippen LogP contribution is -2.26. The summed E-state index contributed by atoms with van der Waals surface area (Å²) in [7, 11) is 0. The van der Waals surface area contributed by atoms with Gasteiger partial charge in [0, 0.05) is 24.5 Å². The molecule has 7 heteroatoms. The molecule has 0 unspecified atom stereocenters. The van der Waals surface area contributed by atoms with Crippen molar-refractivity contribution >= 4 is 16.8 Å². The van der Waals surface area contributed by atoms with E-state index >= 15 is 0 Å². The first-order chi connectivity index (χ1) is 11.7. The Hall–Kier alpha value is -2.83. The molecular formula is C17H19N5O2. The number of amides is 1. The van der Waals surface area contributed by atoms with E-state index in [4.69, 9.17) is 4.74 Å². The van der Waals surface area contributed by atoms with Gasteiger partial charge in [0.2, 0.25) is 5.88 Å². The molecule has 0 spiro atoms. The van der Waals surface area contributed by atoms with E-state index < -0.39 is 0 Å². The van der Waals surface area contributed by atoms with Crippen LogP contribution in [0.2, 0.25) is 0 Å². The van der Waals surface area contributed by atoms with Crippen molar-refractivity contribution in [3.8, 4) is 5.88 Å². The fourth-order valence-corrected chi connectivity index (χ4v) is 2.90. The summed E-state index contributed by atoms with van der Waals surface area (Å²) >= 11 is 0. The normalized spacial score (nSPS) is 13.0. The molecule has 7 nitrogen and oxygen atoms in total. The molecule has 3 aromatic rings. The molecule has 3 heterocycles. The zero-order chi connectivity index (χ0) is 16.5. The van der Waals surface area contributed by atoms with Crippen molar-refractivity contribution in [1.29, 1.82) is 0 Å². The molecule has 0 aliphatic carbocycles. The number of nitrogens with one attached hydrogen (secondary N) is 1. The largest absolute Gasteiger partial charge is 0.476 e. The summed E-state index contributed by atoms with van der Waals surface area (Å²) in [5, 5.41) is 12.7. The van der Waals surface area contributed by atoms with Gasteiger partial charge in [-0.3, -0.25) is 9.48 Å². The standard InChI is InChI=1S/C17H19N5O2/c1-12-3-4-13-11-19-21(15(13)9-12)6-2-5-18-17(23)14-10-16-22(20-14)7-8-24-16/h3-4,9-11H,2,5-8H2,1H3,(H,18,23). The van der Waals surface area contributed by atoms with Crippen LogP contribution < -0.4 is 10.1 Å². The molecule has 0 atom stereocenters. The van der Waals surface area contributed by atoms with E-state index in [2.05, 4.69) is 40.6 Å². The molecule has 1 N–H and O–H groups in total. The van der Waals surface area contributed by atoms with Gasteiger partial charge in [-0.25, -0.2) is 4.68 Å². The number of aromatic nitrogens is 4. The van der Waals surface area contributed by atoms with Gasteiger partial charge in [0.1, 0.15) is 6.61 Å². The van der Waals surface area contributed by atoms with Crippen LogP contribution in [0.4, 0.5) is 0 Å². The second-order valence-electron chi connectivity index (χ2n) is 5.98. The van der Waals surface area contributed by atoms with Crippen LogP contribution in [0.25, 0.3) is 10.9 Å². The minimum atomic E-state index is -0.165. The van der Waals surface area contributed by atoms with Crippen LogP contribution >= 0.6 is 0 Å². The topological polar surface area (TPSA) is 74.0 Å². The maximum Gasteiger partial charge on any atom is 0.271 e. The van der Waals surface area contributed by atoms with E-state index in [9.17, 15) is 4.79 Å². The summed E-state index contributed by atoms with van der Waals surface area (Å²) in [5.74, 6) is 0.500. The van der Waals surface area contributed by atoms with Gasteiger partial charge < -0.3 is 10.1 Å². The Labute approximate surface area is 139 Å². The van der Waals surface area contributed by atoms with Gasteiger partial charge in [0.15, 0.2) is 5.69 Å². The number of fused-ring (bicyclic) bond motifs is 2. The summed E-state index contributed by atoms with van der Waals surface area (Å²) in [6.07, 6.45) is 2.68. The van der Waals surface area contributed by atoms with Crippen molar-refractivity contribution < 1.29 is 9.53 Å². The van der Waals surface area contributed by atoms with Crippen molar-refractivity contribution in [3.05, 3.63) is 41.7 Å². The Kier molecular flexibility index (Phi) is 3.68. The molecule has 124 valence electrons. The van der Waals surface area contributed by atoms with Crippen molar-refractivity contribution in [1.82, 2.24) is 24.9 Å². The number of benzene rings is 1. The van der Waals surface area contributed by atoms with E-state index in [1.165, 1.54) is 5.56 Å². The van der Waals surface area contributed by atoms with Crippen LogP contribution in [-0.2, 0) is 13.1 Å². The van der Waals surface area contributed by atoms with E-state index in [-0.39, 0.29) is 5.91 Å². The number of nitrogens with zero attached hydrogens (tertiary/aromatic N) is 4. The zero-order valence-electron chi connectivity index (χ0n) is 13.5. The van der Waals surface area contributed by atoms with Gasteiger partial charge in [-0.1, -0.05) is 12.1 Å². The molecule has 0 radical (unpaired) electrons. The molecule has 1 aliphatic heterocycles. The molecule has 1 aromatic carbocycles. The summed E-state index contributed by atoms with van der Waals surface area (Å²) < 4.78 is 9.06. The van der Waals surface area contributed by atoms with Crippen LogP contribution in [0.3, 0.4) is 0 Å². The Bertz CT molecular complexity index is 874. The molecule has 4 rings (SSSR count). The number of ether oxygens (including phenoxy) is 1. The molecule has 2 aromatic heterocycles. The molecule has 24 heavy (non-hydrogen) atoms. The second kappa shape index (κ2) is 5.99. The lowest BCUT2D eigenvalue weighted by molar-refractivity contribution is 0.0946. The third-order valence-electron chi connectivity index (χ3n) is 4.16. The monoisotopic (exact) mass is 325 g/mol. The highest BCUT2D eigenvalue weighted by molar-refractivity contribution is 5.92. The number of aryl methyl sites for hydroxylation is 2. The van der Waals surface area contributed by atoms with Crippen molar-refractivity contribution in [2.24, 2.45) is 0 Å². The molecule has 0 saturated heterocycles. The van der Waals surface area contributed by atoms with Crippen molar-refractivity contribution in [2.45, 2.75) is 26.4 Å². The maximum atomic E-state index is 12.1. The van der Waals surface area contributed by atoms with Crippen LogP contribution in [0.15, 0.2) is 30.5 Å². The summed E-state index contributed by atoms with van der Waals surface area (Å²) in [6.45, 7) is 4.74. The van der Waals surface area contributed by atoms with Gasteiger partial charge in [-0.05, 0) is 25.0 Å². The third kappa shape index (κ3) is 2.73. The predicted octanol–water partition coefficient (Wildman–Crippen LogP) is 1.75. The highest BCUT2D eigenvalue weighted by Gasteiger charge is 2.18.